The fourth-order valence-corrected chi connectivity index (χ4v) is 5.72. The fraction of sp³-hybridized carbons (Fsp3) is 0.562. The number of esters is 1. The molecule has 0 rings (SSSR count). The lowest BCUT2D eigenvalue weighted by Gasteiger charge is -2.20. The number of ether oxygens (including phenoxy) is 2. The summed E-state index contributed by atoms with van der Waals surface area (Å²) in [4.78, 5) is 22.6. The van der Waals surface area contributed by atoms with Crippen molar-refractivity contribution in [3.8, 4) is 0 Å². The van der Waals surface area contributed by atoms with E-state index in [-0.39, 0.29) is 13.0 Å². The smallest absolute Gasteiger partial charge is 0.457 e. The molecule has 0 aliphatic rings. The Hall–Kier alpha value is -3.14. The predicted molar refractivity (Wildman–Crippen MR) is 241 cm³/mol. The Morgan fingerprint density at radius 3 is 1.36 bits per heavy atom. The second-order valence-corrected chi connectivity index (χ2v) is 15.0. The molecule has 0 heterocycles. The molecule has 3 unspecified atom stereocenters. The lowest BCUT2D eigenvalue weighted by atomic mass is 10.2. The zero-order valence-electron chi connectivity index (χ0n) is 35.7. The van der Waals surface area contributed by atoms with Crippen LogP contribution in [0.5, 0.6) is 0 Å². The van der Waals surface area contributed by atoms with Crippen molar-refractivity contribution in [1.29, 1.82) is 0 Å². The van der Waals surface area contributed by atoms with Gasteiger partial charge in [0.1, 0.15) is 12.2 Å². The number of unbranched alkanes of at least 4 members (excludes halogenated alkanes) is 5. The van der Waals surface area contributed by atoms with Crippen molar-refractivity contribution in [3.63, 3.8) is 0 Å². The number of aliphatic hydroxyl groups excluding tert-OH is 2. The topological polar surface area (TPSA) is 132 Å². The SMILES string of the molecule is CC/C=C\C/C=C\C/C=C\C/C=C\C/C=C\C/C=C\CCCCC(=O)OC(COCCCCC/C=C\C/C=C\C/C=C\C/C=C\CC)COP(=O)(O)OCC(O)CO. The van der Waals surface area contributed by atoms with Crippen LogP contribution in [0, 0.1) is 0 Å². The van der Waals surface area contributed by atoms with Crippen LogP contribution in [0.15, 0.2) is 122 Å². The third kappa shape index (κ3) is 42.5. The van der Waals surface area contributed by atoms with Crippen LogP contribution < -0.4 is 0 Å². The van der Waals surface area contributed by atoms with Gasteiger partial charge in [0.25, 0.3) is 0 Å². The number of carbonyl (C=O) groups excluding carboxylic acids is 1. The third-order valence-corrected chi connectivity index (χ3v) is 9.09. The van der Waals surface area contributed by atoms with Gasteiger partial charge in [0.05, 0.1) is 26.4 Å². The normalized spacial score (nSPS) is 15.2. The lowest BCUT2D eigenvalue weighted by molar-refractivity contribution is -0.154. The summed E-state index contributed by atoms with van der Waals surface area (Å²) < 4.78 is 33.3. The summed E-state index contributed by atoms with van der Waals surface area (Å²) in [5, 5.41) is 18.3. The van der Waals surface area contributed by atoms with Gasteiger partial charge in [0.15, 0.2) is 0 Å². The van der Waals surface area contributed by atoms with E-state index in [1.807, 2.05) is 0 Å². The Morgan fingerprint density at radius 2 is 0.931 bits per heavy atom. The molecule has 0 aliphatic heterocycles. The molecule has 0 saturated carbocycles. The number of phosphoric ester groups is 1. The number of aliphatic hydroxyl groups is 2. The molecule has 0 amide bonds. The summed E-state index contributed by atoms with van der Waals surface area (Å²) in [6.07, 6.45) is 57.3. The Labute approximate surface area is 352 Å². The van der Waals surface area contributed by atoms with Crippen molar-refractivity contribution in [1.82, 2.24) is 0 Å². The Morgan fingerprint density at radius 1 is 0.534 bits per heavy atom. The van der Waals surface area contributed by atoms with Crippen LogP contribution in [0.25, 0.3) is 0 Å². The Bertz CT molecular complexity index is 1310. The standard InChI is InChI=1S/C48H77O9P/c1-3-5-7-9-11-13-15-17-19-21-22-23-24-25-26-28-30-32-34-36-38-40-48(51)57-47(45-56-58(52,53)55-43-46(50)42-49)44-54-41-39-37-35-33-31-29-27-20-18-16-14-12-10-8-6-4-2/h5-8,11-14,17-20,22-23,25-26,29-32,46-47,49-50H,3-4,9-10,15-16,21,24,27-28,33-45H2,1-2H3,(H,52,53)/b7-5-,8-6-,13-11-,14-12-,19-17-,20-18-,23-22-,26-25-,31-29-,32-30-. The summed E-state index contributed by atoms with van der Waals surface area (Å²) in [5.74, 6) is -0.442. The Balaban J connectivity index is 4.37. The largest absolute Gasteiger partial charge is 0.472 e. The second kappa shape index (κ2) is 43.4. The maximum Gasteiger partial charge on any atom is 0.472 e. The summed E-state index contributed by atoms with van der Waals surface area (Å²) >= 11 is 0. The molecular formula is C48H77O9P. The molecule has 3 N–H and O–H groups in total. The first-order chi connectivity index (χ1) is 28.3. The highest BCUT2D eigenvalue weighted by atomic mass is 31.2. The second-order valence-electron chi connectivity index (χ2n) is 13.6. The van der Waals surface area contributed by atoms with Gasteiger partial charge >= 0.3 is 13.8 Å². The van der Waals surface area contributed by atoms with Crippen LogP contribution in [0.2, 0.25) is 0 Å². The molecule has 0 fully saturated rings. The van der Waals surface area contributed by atoms with Crippen molar-refractivity contribution in [3.05, 3.63) is 122 Å². The number of allylic oxidation sites excluding steroid dienone is 20. The van der Waals surface area contributed by atoms with E-state index in [9.17, 15) is 19.4 Å². The van der Waals surface area contributed by atoms with E-state index in [0.717, 1.165) is 103 Å². The van der Waals surface area contributed by atoms with Gasteiger partial charge in [-0.1, -0.05) is 142 Å². The molecule has 0 bridgehead atoms. The van der Waals surface area contributed by atoms with Crippen molar-refractivity contribution < 1.29 is 43.0 Å². The molecule has 0 aromatic rings. The van der Waals surface area contributed by atoms with Crippen LogP contribution >= 0.6 is 7.82 Å². The number of carbonyl (C=O) groups is 1. The van der Waals surface area contributed by atoms with Crippen LogP contribution in [0.1, 0.15) is 129 Å². The van der Waals surface area contributed by atoms with Crippen LogP contribution in [0.4, 0.5) is 0 Å². The van der Waals surface area contributed by atoms with Crippen molar-refractivity contribution in [2.24, 2.45) is 0 Å². The highest BCUT2D eigenvalue weighted by Crippen LogP contribution is 2.43. The van der Waals surface area contributed by atoms with E-state index < -0.39 is 45.8 Å². The molecule has 0 aromatic heterocycles. The maximum atomic E-state index is 12.6. The minimum absolute atomic E-state index is 0.000406. The average molecular weight is 829 g/mol. The summed E-state index contributed by atoms with van der Waals surface area (Å²) in [6, 6.07) is 0. The predicted octanol–water partition coefficient (Wildman–Crippen LogP) is 12.0. The number of hydrogen-bond donors (Lipinski definition) is 3. The van der Waals surface area contributed by atoms with Gasteiger partial charge in [0, 0.05) is 13.0 Å². The molecule has 0 aromatic carbocycles. The number of hydrogen-bond acceptors (Lipinski definition) is 8. The van der Waals surface area contributed by atoms with Gasteiger partial charge in [-0.3, -0.25) is 13.8 Å². The molecular weight excluding hydrogens is 751 g/mol. The molecule has 58 heavy (non-hydrogen) atoms. The number of rotatable bonds is 39. The van der Waals surface area contributed by atoms with Crippen LogP contribution in [-0.2, 0) is 27.9 Å². The van der Waals surface area contributed by atoms with Crippen molar-refractivity contribution in [2.45, 2.75) is 142 Å². The van der Waals surface area contributed by atoms with Gasteiger partial charge in [-0.05, 0) is 103 Å². The lowest BCUT2D eigenvalue weighted by Crippen LogP contribution is -2.29. The zero-order chi connectivity index (χ0) is 42.5. The van der Waals surface area contributed by atoms with Gasteiger partial charge in [0.2, 0.25) is 0 Å². The summed E-state index contributed by atoms with van der Waals surface area (Å²) in [7, 11) is -4.55. The van der Waals surface area contributed by atoms with E-state index in [4.69, 9.17) is 23.6 Å². The van der Waals surface area contributed by atoms with Crippen LogP contribution in [-0.4, -0.2) is 66.3 Å². The third-order valence-electron chi connectivity index (χ3n) is 8.14. The van der Waals surface area contributed by atoms with Gasteiger partial charge in [-0.2, -0.15) is 0 Å². The highest BCUT2D eigenvalue weighted by Gasteiger charge is 2.26. The first-order valence-electron chi connectivity index (χ1n) is 21.5. The molecule has 0 radical (unpaired) electrons. The monoisotopic (exact) mass is 829 g/mol. The first kappa shape index (κ1) is 54.9. The number of phosphoric acid groups is 1. The van der Waals surface area contributed by atoms with Gasteiger partial charge in [-0.15, -0.1) is 0 Å². The van der Waals surface area contributed by atoms with Gasteiger partial charge < -0.3 is 24.6 Å². The highest BCUT2D eigenvalue weighted by molar-refractivity contribution is 7.47. The van der Waals surface area contributed by atoms with E-state index >= 15 is 0 Å². The maximum absolute atomic E-state index is 12.6. The van der Waals surface area contributed by atoms with E-state index in [2.05, 4.69) is 135 Å². The molecule has 0 aliphatic carbocycles. The van der Waals surface area contributed by atoms with E-state index in [0.29, 0.717) is 13.0 Å². The first-order valence-corrected chi connectivity index (χ1v) is 23.0. The van der Waals surface area contributed by atoms with E-state index in [1.165, 1.54) is 0 Å². The minimum atomic E-state index is -4.55. The fourth-order valence-electron chi connectivity index (χ4n) is 4.94. The summed E-state index contributed by atoms with van der Waals surface area (Å²) in [5.41, 5.74) is 0. The molecule has 3 atom stereocenters. The van der Waals surface area contributed by atoms with Crippen molar-refractivity contribution >= 4 is 13.8 Å². The van der Waals surface area contributed by atoms with Crippen molar-refractivity contribution in [2.75, 3.05) is 33.0 Å². The van der Waals surface area contributed by atoms with E-state index in [1.54, 1.807) is 0 Å². The zero-order valence-corrected chi connectivity index (χ0v) is 36.6. The van der Waals surface area contributed by atoms with Crippen LogP contribution in [0.3, 0.4) is 0 Å². The quantitative estimate of drug-likeness (QED) is 0.0240. The molecule has 0 spiro atoms. The molecule has 328 valence electrons. The average Bonchev–Trinajstić information content (AvgIpc) is 3.21. The molecule has 10 heteroatoms. The van der Waals surface area contributed by atoms with Gasteiger partial charge in [-0.25, -0.2) is 4.57 Å². The Kier molecular flexibility index (Phi) is 41.1. The molecule has 9 nitrogen and oxygen atoms in total. The summed E-state index contributed by atoms with van der Waals surface area (Å²) in [6.45, 7) is 3.10. The minimum Gasteiger partial charge on any atom is -0.457 e. The molecule has 0 saturated heterocycles.